The van der Waals surface area contributed by atoms with Crippen LogP contribution in [0.25, 0.3) is 6.08 Å². The van der Waals surface area contributed by atoms with Gasteiger partial charge in [0.1, 0.15) is 11.5 Å². The number of hydrogen-bond acceptors (Lipinski definition) is 6. The van der Waals surface area contributed by atoms with Crippen molar-refractivity contribution in [3.05, 3.63) is 96.4 Å². The van der Waals surface area contributed by atoms with Crippen LogP contribution in [0.4, 0.5) is 33.3 Å². The highest BCUT2D eigenvalue weighted by molar-refractivity contribution is 5.87. The molecule has 6 nitrogen and oxygen atoms in total. The summed E-state index contributed by atoms with van der Waals surface area (Å²) in [7, 11) is 0. The molecule has 4 N–H and O–H groups in total. The van der Waals surface area contributed by atoms with Crippen LogP contribution in [0.15, 0.2) is 72.8 Å². The topological polar surface area (TPSA) is 96.8 Å². The van der Waals surface area contributed by atoms with E-state index in [1.54, 1.807) is 18.2 Å². The van der Waals surface area contributed by atoms with Crippen LogP contribution in [0.5, 0.6) is 11.5 Å². The number of carbonyl (C=O) groups is 1. The molecule has 3 aromatic rings. The Bertz CT molecular complexity index is 1280. The third-order valence-corrected chi connectivity index (χ3v) is 5.36. The minimum absolute atomic E-state index is 0.0141. The van der Waals surface area contributed by atoms with Crippen molar-refractivity contribution < 1.29 is 41.0 Å². The standard InChI is InChI=1S/C28H26F5N2O4/c1-18(24-12-7-21(34)16-25(24)35)17-38-26(36)13-4-19-2-8-23(9-3-19)39-28(32,33)20-5-10-22(11-6-20)37-15-14-27(29,30)31/h2-13,16,18H,1,14-15,17,34-35H2/b13-4+. The Hall–Kier alpha value is -4.28. The van der Waals surface area contributed by atoms with Crippen LogP contribution in [0.1, 0.15) is 29.0 Å². The lowest BCUT2D eigenvalue weighted by Crippen LogP contribution is -2.21. The minimum atomic E-state index is -4.37. The Morgan fingerprint density at radius 2 is 1.56 bits per heavy atom. The van der Waals surface area contributed by atoms with Crippen LogP contribution in [0.2, 0.25) is 0 Å². The Morgan fingerprint density at radius 1 is 0.923 bits per heavy atom. The molecule has 0 saturated heterocycles. The smallest absolute Gasteiger partial charge is 0.426 e. The fourth-order valence-electron chi connectivity index (χ4n) is 3.33. The number of halogens is 5. The summed E-state index contributed by atoms with van der Waals surface area (Å²) >= 11 is 0. The molecule has 0 aliphatic carbocycles. The van der Waals surface area contributed by atoms with E-state index in [2.05, 4.69) is 6.92 Å². The predicted molar refractivity (Wildman–Crippen MR) is 137 cm³/mol. The average Bonchev–Trinajstić information content (AvgIpc) is 2.86. The van der Waals surface area contributed by atoms with Crippen LogP contribution in [-0.2, 0) is 15.6 Å². The van der Waals surface area contributed by atoms with E-state index in [9.17, 15) is 26.7 Å². The maximum atomic E-state index is 14.5. The van der Waals surface area contributed by atoms with Gasteiger partial charge in [-0.1, -0.05) is 18.2 Å². The molecule has 207 valence electrons. The molecular formula is C28H26F5N2O4. The molecule has 0 aliphatic rings. The van der Waals surface area contributed by atoms with E-state index in [1.807, 2.05) is 0 Å². The average molecular weight is 550 g/mol. The van der Waals surface area contributed by atoms with E-state index in [4.69, 9.17) is 25.7 Å². The van der Waals surface area contributed by atoms with Crippen molar-refractivity contribution in [3.8, 4) is 11.5 Å². The largest absolute Gasteiger partial charge is 0.493 e. The van der Waals surface area contributed by atoms with Gasteiger partial charge in [-0.05, 0) is 72.7 Å². The van der Waals surface area contributed by atoms with E-state index in [0.29, 0.717) is 22.5 Å². The minimum Gasteiger partial charge on any atom is -0.493 e. The molecule has 0 aliphatic heterocycles. The summed E-state index contributed by atoms with van der Waals surface area (Å²) in [4.78, 5) is 12.1. The zero-order chi connectivity index (χ0) is 28.6. The number of alkyl halides is 5. The van der Waals surface area contributed by atoms with E-state index in [-0.39, 0.29) is 18.1 Å². The number of hydrogen-bond donors (Lipinski definition) is 2. The summed E-state index contributed by atoms with van der Waals surface area (Å²) in [6, 6.07) is 14.8. The number of ether oxygens (including phenoxy) is 3. The zero-order valence-corrected chi connectivity index (χ0v) is 20.6. The van der Waals surface area contributed by atoms with Gasteiger partial charge in [0.15, 0.2) is 0 Å². The Labute approximate surface area is 222 Å². The van der Waals surface area contributed by atoms with Gasteiger partial charge in [-0.25, -0.2) is 4.79 Å². The molecule has 1 atom stereocenters. The molecule has 11 heteroatoms. The highest BCUT2D eigenvalue weighted by Crippen LogP contribution is 2.33. The van der Waals surface area contributed by atoms with Gasteiger partial charge in [-0.3, -0.25) is 0 Å². The first kappa shape index (κ1) is 29.3. The molecule has 3 rings (SSSR count). The quantitative estimate of drug-likeness (QED) is 0.123. The number of rotatable bonds is 11. The van der Waals surface area contributed by atoms with Gasteiger partial charge in [0.25, 0.3) is 0 Å². The summed E-state index contributed by atoms with van der Waals surface area (Å²) < 4.78 is 80.6. The van der Waals surface area contributed by atoms with Gasteiger partial charge in [-0.15, -0.1) is 0 Å². The van der Waals surface area contributed by atoms with E-state index >= 15 is 0 Å². The number of nitrogens with two attached hydrogens (primary N) is 2. The number of nitrogen functional groups attached to an aromatic ring is 2. The third kappa shape index (κ3) is 9.20. The number of anilines is 2. The molecular weight excluding hydrogens is 523 g/mol. The van der Waals surface area contributed by atoms with Crippen molar-refractivity contribution in [3.63, 3.8) is 0 Å². The SMILES string of the molecule is [CH2]C(COC(=O)/C=C/c1ccc(OC(F)(F)c2ccc(OCCC(F)(F)F)cc2)cc1)c1ccc(N)cc1N. The molecule has 0 amide bonds. The number of carbonyl (C=O) groups excluding carboxylic acids is 1. The van der Waals surface area contributed by atoms with Crippen LogP contribution in [0, 0.1) is 6.92 Å². The van der Waals surface area contributed by atoms with Crippen LogP contribution in [0.3, 0.4) is 0 Å². The first-order valence-corrected chi connectivity index (χ1v) is 11.6. The Morgan fingerprint density at radius 3 is 2.18 bits per heavy atom. The van der Waals surface area contributed by atoms with E-state index < -0.39 is 42.8 Å². The van der Waals surface area contributed by atoms with Crippen LogP contribution < -0.4 is 20.9 Å². The monoisotopic (exact) mass is 549 g/mol. The second-order valence-corrected chi connectivity index (χ2v) is 8.47. The summed E-state index contributed by atoms with van der Waals surface area (Å²) in [6.45, 7) is 3.30. The molecule has 0 saturated carbocycles. The lowest BCUT2D eigenvalue weighted by molar-refractivity contribution is -0.185. The first-order chi connectivity index (χ1) is 18.3. The van der Waals surface area contributed by atoms with Crippen molar-refractivity contribution in [2.24, 2.45) is 0 Å². The van der Waals surface area contributed by atoms with Gasteiger partial charge < -0.3 is 25.7 Å². The molecule has 1 radical (unpaired) electrons. The molecule has 0 fully saturated rings. The van der Waals surface area contributed by atoms with Crippen molar-refractivity contribution in [2.45, 2.75) is 24.6 Å². The summed E-state index contributed by atoms with van der Waals surface area (Å²) in [5, 5.41) is 0. The molecule has 1 unspecified atom stereocenters. The number of benzene rings is 3. The highest BCUT2D eigenvalue weighted by atomic mass is 19.4. The second kappa shape index (κ2) is 12.5. The summed E-state index contributed by atoms with van der Waals surface area (Å²) in [5.74, 6) is -1.16. The fourth-order valence-corrected chi connectivity index (χ4v) is 3.33. The van der Waals surface area contributed by atoms with E-state index in [1.165, 1.54) is 36.4 Å². The molecule has 39 heavy (non-hydrogen) atoms. The molecule has 0 aromatic heterocycles. The van der Waals surface area contributed by atoms with Crippen LogP contribution in [-0.4, -0.2) is 25.4 Å². The second-order valence-electron chi connectivity index (χ2n) is 8.47. The predicted octanol–water partition coefficient (Wildman–Crippen LogP) is 6.48. The Kier molecular flexibility index (Phi) is 9.39. The first-order valence-electron chi connectivity index (χ1n) is 11.6. The highest BCUT2D eigenvalue weighted by Gasteiger charge is 2.34. The normalized spacial score (nSPS) is 12.8. The molecule has 0 bridgehead atoms. The van der Waals surface area contributed by atoms with Gasteiger partial charge in [0.2, 0.25) is 0 Å². The summed E-state index contributed by atoms with van der Waals surface area (Å²) in [6.07, 6.45) is -6.62. The zero-order valence-electron chi connectivity index (χ0n) is 20.6. The third-order valence-electron chi connectivity index (χ3n) is 5.36. The van der Waals surface area contributed by atoms with Crippen molar-refractivity contribution in [1.82, 2.24) is 0 Å². The van der Waals surface area contributed by atoms with Crippen LogP contribution >= 0.6 is 0 Å². The molecule has 0 spiro atoms. The van der Waals surface area contributed by atoms with Gasteiger partial charge >= 0.3 is 18.3 Å². The van der Waals surface area contributed by atoms with E-state index in [0.717, 1.165) is 24.3 Å². The summed E-state index contributed by atoms with van der Waals surface area (Å²) in [5.41, 5.74) is 13.2. The maximum Gasteiger partial charge on any atom is 0.426 e. The molecule has 3 aromatic carbocycles. The fraction of sp³-hybridized carbons (Fsp3) is 0.214. The lowest BCUT2D eigenvalue weighted by Gasteiger charge is -2.18. The van der Waals surface area contributed by atoms with Gasteiger partial charge in [0, 0.05) is 23.4 Å². The maximum absolute atomic E-state index is 14.5. The van der Waals surface area contributed by atoms with Crippen molar-refractivity contribution >= 4 is 23.4 Å². The van der Waals surface area contributed by atoms with Gasteiger partial charge in [-0.2, -0.15) is 22.0 Å². The lowest BCUT2D eigenvalue weighted by atomic mass is 10.00. The van der Waals surface area contributed by atoms with Gasteiger partial charge in [0.05, 0.1) is 25.2 Å². The van der Waals surface area contributed by atoms with Crippen molar-refractivity contribution in [2.75, 3.05) is 24.7 Å². The molecule has 0 heterocycles. The Balaban J connectivity index is 1.50. The number of esters is 1. The van der Waals surface area contributed by atoms with Crippen molar-refractivity contribution in [1.29, 1.82) is 0 Å².